The SMILES string of the molecule is CC1(C)CC(CCN)CCN1Cc1ccncc1. The van der Waals surface area contributed by atoms with Gasteiger partial charge in [0.05, 0.1) is 0 Å². The molecule has 2 N–H and O–H groups in total. The van der Waals surface area contributed by atoms with Crippen LogP contribution in [-0.4, -0.2) is 28.5 Å². The molecule has 1 aromatic heterocycles. The Morgan fingerprint density at radius 2 is 2.11 bits per heavy atom. The minimum Gasteiger partial charge on any atom is -0.330 e. The van der Waals surface area contributed by atoms with Gasteiger partial charge in [-0.1, -0.05) is 0 Å². The second-order valence-corrected chi connectivity index (χ2v) is 6.03. The summed E-state index contributed by atoms with van der Waals surface area (Å²) >= 11 is 0. The van der Waals surface area contributed by atoms with E-state index in [4.69, 9.17) is 5.73 Å². The lowest BCUT2D eigenvalue weighted by atomic mass is 9.81. The van der Waals surface area contributed by atoms with Crippen molar-refractivity contribution < 1.29 is 0 Å². The van der Waals surface area contributed by atoms with E-state index < -0.39 is 0 Å². The highest BCUT2D eigenvalue weighted by Crippen LogP contribution is 2.33. The van der Waals surface area contributed by atoms with Crippen molar-refractivity contribution in [2.75, 3.05) is 13.1 Å². The molecule has 1 aromatic rings. The maximum atomic E-state index is 5.69. The molecule has 0 bridgehead atoms. The van der Waals surface area contributed by atoms with Crippen LogP contribution in [0.3, 0.4) is 0 Å². The molecule has 0 aliphatic carbocycles. The smallest absolute Gasteiger partial charge is 0.0271 e. The van der Waals surface area contributed by atoms with Gasteiger partial charge >= 0.3 is 0 Å². The molecule has 1 unspecified atom stereocenters. The van der Waals surface area contributed by atoms with Gasteiger partial charge in [-0.05, 0) is 69.8 Å². The second-order valence-electron chi connectivity index (χ2n) is 6.03. The van der Waals surface area contributed by atoms with Crippen molar-refractivity contribution in [3.8, 4) is 0 Å². The Morgan fingerprint density at radius 1 is 1.39 bits per heavy atom. The maximum Gasteiger partial charge on any atom is 0.0271 e. The molecule has 1 atom stereocenters. The molecule has 100 valence electrons. The fraction of sp³-hybridized carbons (Fsp3) is 0.667. The van der Waals surface area contributed by atoms with E-state index in [0.717, 1.165) is 19.0 Å². The molecule has 0 saturated carbocycles. The molecule has 1 aliphatic rings. The van der Waals surface area contributed by atoms with Crippen LogP contribution in [0.1, 0.15) is 38.7 Å². The third-order valence-corrected chi connectivity index (χ3v) is 4.15. The summed E-state index contributed by atoms with van der Waals surface area (Å²) in [5, 5.41) is 0. The van der Waals surface area contributed by atoms with Crippen molar-refractivity contribution >= 4 is 0 Å². The van der Waals surface area contributed by atoms with Crippen LogP contribution in [0.25, 0.3) is 0 Å². The number of nitrogens with zero attached hydrogens (tertiary/aromatic N) is 2. The molecule has 1 fully saturated rings. The first-order chi connectivity index (χ1) is 8.62. The first-order valence-electron chi connectivity index (χ1n) is 6.96. The summed E-state index contributed by atoms with van der Waals surface area (Å²) in [6.07, 6.45) is 7.47. The van der Waals surface area contributed by atoms with E-state index in [9.17, 15) is 0 Å². The minimum atomic E-state index is 0.279. The highest BCUT2D eigenvalue weighted by molar-refractivity contribution is 5.10. The summed E-state index contributed by atoms with van der Waals surface area (Å²) in [4.78, 5) is 6.67. The van der Waals surface area contributed by atoms with Crippen molar-refractivity contribution in [3.05, 3.63) is 30.1 Å². The van der Waals surface area contributed by atoms with Gasteiger partial charge in [-0.15, -0.1) is 0 Å². The molecule has 2 rings (SSSR count). The summed E-state index contributed by atoms with van der Waals surface area (Å²) < 4.78 is 0. The number of hydrogen-bond acceptors (Lipinski definition) is 3. The summed E-state index contributed by atoms with van der Waals surface area (Å²) in [6.45, 7) is 7.75. The number of piperidine rings is 1. The van der Waals surface area contributed by atoms with Crippen LogP contribution in [0, 0.1) is 5.92 Å². The quantitative estimate of drug-likeness (QED) is 0.888. The number of rotatable bonds is 4. The molecule has 3 heteroatoms. The first kappa shape index (κ1) is 13.5. The predicted octanol–water partition coefficient (Wildman–Crippen LogP) is 2.42. The van der Waals surface area contributed by atoms with Crippen molar-refractivity contribution in [2.24, 2.45) is 11.7 Å². The zero-order valence-corrected chi connectivity index (χ0v) is 11.6. The van der Waals surface area contributed by atoms with E-state index >= 15 is 0 Å². The topological polar surface area (TPSA) is 42.1 Å². The van der Waals surface area contributed by atoms with Gasteiger partial charge in [-0.3, -0.25) is 9.88 Å². The molecule has 0 radical (unpaired) electrons. The van der Waals surface area contributed by atoms with Gasteiger partial charge in [-0.25, -0.2) is 0 Å². The van der Waals surface area contributed by atoms with Gasteiger partial charge < -0.3 is 5.73 Å². The van der Waals surface area contributed by atoms with Crippen LogP contribution < -0.4 is 5.73 Å². The van der Waals surface area contributed by atoms with Crippen molar-refractivity contribution in [1.82, 2.24) is 9.88 Å². The average molecular weight is 247 g/mol. The lowest BCUT2D eigenvalue weighted by Gasteiger charge is -2.46. The van der Waals surface area contributed by atoms with Crippen LogP contribution in [0.5, 0.6) is 0 Å². The number of aromatic nitrogens is 1. The fourth-order valence-electron chi connectivity index (χ4n) is 3.06. The summed E-state index contributed by atoms with van der Waals surface area (Å²) in [5.41, 5.74) is 7.32. The number of likely N-dealkylation sites (tertiary alicyclic amines) is 1. The summed E-state index contributed by atoms with van der Waals surface area (Å²) in [6, 6.07) is 4.23. The van der Waals surface area contributed by atoms with E-state index in [1.54, 1.807) is 0 Å². The Morgan fingerprint density at radius 3 is 2.72 bits per heavy atom. The normalized spacial score (nSPS) is 24.1. The van der Waals surface area contributed by atoms with E-state index in [1.807, 2.05) is 12.4 Å². The molecule has 3 nitrogen and oxygen atoms in total. The fourth-order valence-corrected chi connectivity index (χ4v) is 3.06. The van der Waals surface area contributed by atoms with Crippen LogP contribution in [-0.2, 0) is 6.54 Å². The molecule has 0 spiro atoms. The zero-order valence-electron chi connectivity index (χ0n) is 11.6. The summed E-state index contributed by atoms with van der Waals surface area (Å²) in [7, 11) is 0. The zero-order chi connectivity index (χ0) is 13.0. The molecule has 18 heavy (non-hydrogen) atoms. The molecule has 2 heterocycles. The Bertz CT molecular complexity index is 361. The molecular weight excluding hydrogens is 222 g/mol. The van der Waals surface area contributed by atoms with E-state index in [2.05, 4.69) is 35.9 Å². The van der Waals surface area contributed by atoms with Gasteiger partial charge in [0.2, 0.25) is 0 Å². The second kappa shape index (κ2) is 5.81. The molecule has 0 amide bonds. The number of pyridine rings is 1. The Labute approximate surface area is 110 Å². The van der Waals surface area contributed by atoms with Crippen LogP contribution in [0.15, 0.2) is 24.5 Å². The molecule has 1 saturated heterocycles. The lowest BCUT2D eigenvalue weighted by molar-refractivity contribution is 0.0379. The number of nitrogens with two attached hydrogens (primary N) is 1. The molecular formula is C15H25N3. The van der Waals surface area contributed by atoms with Gasteiger partial charge in [0.15, 0.2) is 0 Å². The highest BCUT2D eigenvalue weighted by atomic mass is 15.2. The van der Waals surface area contributed by atoms with Gasteiger partial charge in [0, 0.05) is 24.5 Å². The Kier molecular flexibility index (Phi) is 4.36. The van der Waals surface area contributed by atoms with Crippen molar-refractivity contribution in [1.29, 1.82) is 0 Å². The van der Waals surface area contributed by atoms with Crippen LogP contribution in [0.4, 0.5) is 0 Å². The van der Waals surface area contributed by atoms with E-state index in [1.165, 1.54) is 31.4 Å². The predicted molar refractivity (Wildman–Crippen MR) is 75.1 cm³/mol. The lowest BCUT2D eigenvalue weighted by Crippen LogP contribution is -2.49. The largest absolute Gasteiger partial charge is 0.330 e. The number of hydrogen-bond donors (Lipinski definition) is 1. The first-order valence-corrected chi connectivity index (χ1v) is 6.96. The molecule has 1 aliphatic heterocycles. The van der Waals surface area contributed by atoms with Gasteiger partial charge in [0.25, 0.3) is 0 Å². The Hall–Kier alpha value is -0.930. The maximum absolute atomic E-state index is 5.69. The Balaban J connectivity index is 1.98. The van der Waals surface area contributed by atoms with Crippen molar-refractivity contribution in [2.45, 2.75) is 45.2 Å². The third-order valence-electron chi connectivity index (χ3n) is 4.15. The van der Waals surface area contributed by atoms with Crippen molar-refractivity contribution in [3.63, 3.8) is 0 Å². The van der Waals surface area contributed by atoms with E-state index in [0.29, 0.717) is 0 Å². The van der Waals surface area contributed by atoms with Crippen LogP contribution in [0.2, 0.25) is 0 Å². The van der Waals surface area contributed by atoms with E-state index in [-0.39, 0.29) is 5.54 Å². The van der Waals surface area contributed by atoms with Crippen LogP contribution >= 0.6 is 0 Å². The monoisotopic (exact) mass is 247 g/mol. The summed E-state index contributed by atoms with van der Waals surface area (Å²) in [5.74, 6) is 0.804. The average Bonchev–Trinajstić information content (AvgIpc) is 2.34. The standard InChI is InChI=1S/C15H25N3/c1-15(2)11-13(3-7-16)6-10-18(15)12-14-4-8-17-9-5-14/h4-5,8-9,13H,3,6-7,10-12,16H2,1-2H3. The minimum absolute atomic E-state index is 0.279. The van der Waals surface area contributed by atoms with Gasteiger partial charge in [-0.2, -0.15) is 0 Å². The third kappa shape index (κ3) is 3.30. The molecule has 0 aromatic carbocycles. The highest BCUT2D eigenvalue weighted by Gasteiger charge is 2.34. The van der Waals surface area contributed by atoms with Gasteiger partial charge in [0.1, 0.15) is 0 Å².